The lowest BCUT2D eigenvalue weighted by atomic mass is 10.2. The highest BCUT2D eigenvalue weighted by Gasteiger charge is 2.14. The first-order valence-corrected chi connectivity index (χ1v) is 4.69. The quantitative estimate of drug-likeness (QED) is 0.461. The van der Waals surface area contributed by atoms with Gasteiger partial charge in [0.15, 0.2) is 0 Å². The van der Waals surface area contributed by atoms with E-state index in [9.17, 15) is 9.59 Å². The monoisotopic (exact) mass is 202 g/mol. The third-order valence-corrected chi connectivity index (χ3v) is 1.79. The van der Waals surface area contributed by atoms with Gasteiger partial charge in [-0.3, -0.25) is 4.79 Å². The number of rotatable bonds is 6. The summed E-state index contributed by atoms with van der Waals surface area (Å²) in [6, 6.07) is -0.578. The molecule has 0 aromatic carbocycles. The van der Waals surface area contributed by atoms with E-state index in [2.05, 4.69) is 10.1 Å². The Bertz CT molecular complexity index is 194. The van der Waals surface area contributed by atoms with Gasteiger partial charge in [0.2, 0.25) is 5.91 Å². The highest BCUT2D eigenvalue weighted by atomic mass is 16.5. The summed E-state index contributed by atoms with van der Waals surface area (Å²) in [5.41, 5.74) is 5.28. The van der Waals surface area contributed by atoms with Gasteiger partial charge in [-0.1, -0.05) is 0 Å². The molecule has 0 saturated carbocycles. The Morgan fingerprint density at radius 1 is 1.43 bits per heavy atom. The number of amides is 1. The average Bonchev–Trinajstić information content (AvgIpc) is 2.16. The molecular weight excluding hydrogens is 184 g/mol. The minimum atomic E-state index is -0.578. The fourth-order valence-electron chi connectivity index (χ4n) is 0.979. The van der Waals surface area contributed by atoms with E-state index in [0.717, 1.165) is 12.8 Å². The van der Waals surface area contributed by atoms with E-state index >= 15 is 0 Å². The van der Waals surface area contributed by atoms with E-state index < -0.39 is 12.0 Å². The third kappa shape index (κ3) is 5.53. The molecule has 14 heavy (non-hydrogen) atoms. The van der Waals surface area contributed by atoms with Crippen LogP contribution in [0.5, 0.6) is 0 Å². The molecule has 82 valence electrons. The van der Waals surface area contributed by atoms with Crippen LogP contribution in [0.15, 0.2) is 0 Å². The summed E-state index contributed by atoms with van der Waals surface area (Å²) in [5, 5.41) is 2.54. The van der Waals surface area contributed by atoms with Gasteiger partial charge in [0, 0.05) is 6.42 Å². The van der Waals surface area contributed by atoms with Gasteiger partial charge in [-0.2, -0.15) is 0 Å². The summed E-state index contributed by atoms with van der Waals surface area (Å²) < 4.78 is 4.46. The molecule has 3 N–H and O–H groups in total. The predicted molar refractivity (Wildman–Crippen MR) is 52.5 cm³/mol. The van der Waals surface area contributed by atoms with Gasteiger partial charge in [-0.25, -0.2) is 4.79 Å². The second-order valence-electron chi connectivity index (χ2n) is 3.06. The van der Waals surface area contributed by atoms with Crippen LogP contribution < -0.4 is 11.1 Å². The van der Waals surface area contributed by atoms with Crippen LogP contribution in [0, 0.1) is 0 Å². The smallest absolute Gasteiger partial charge is 0.328 e. The molecule has 1 amide bonds. The molecule has 0 unspecified atom stereocenters. The van der Waals surface area contributed by atoms with Crippen LogP contribution in [-0.2, 0) is 14.3 Å². The van der Waals surface area contributed by atoms with Gasteiger partial charge < -0.3 is 15.8 Å². The van der Waals surface area contributed by atoms with Crippen molar-refractivity contribution in [3.8, 4) is 0 Å². The van der Waals surface area contributed by atoms with Crippen molar-refractivity contribution in [2.45, 2.75) is 32.2 Å². The standard InChI is InChI=1S/C9H18N2O3/c1-7(9(13)14-2)11-8(12)5-3-4-6-10/h7H,3-6,10H2,1-2H3,(H,11,12)/t7-/m0/s1. The molecule has 0 bridgehead atoms. The molecule has 0 aromatic rings. The van der Waals surface area contributed by atoms with Crippen molar-refractivity contribution in [2.24, 2.45) is 5.73 Å². The Labute approximate surface area is 84.0 Å². The summed E-state index contributed by atoms with van der Waals surface area (Å²) in [6.45, 7) is 2.17. The molecule has 0 heterocycles. The van der Waals surface area contributed by atoms with Gasteiger partial charge >= 0.3 is 5.97 Å². The number of unbranched alkanes of at least 4 members (excludes halogenated alkanes) is 1. The minimum Gasteiger partial charge on any atom is -0.467 e. The molecule has 0 aliphatic carbocycles. The van der Waals surface area contributed by atoms with Crippen LogP contribution in [0.4, 0.5) is 0 Å². The summed E-state index contributed by atoms with van der Waals surface area (Å²) in [4.78, 5) is 22.1. The maximum atomic E-state index is 11.2. The van der Waals surface area contributed by atoms with Gasteiger partial charge in [0.25, 0.3) is 0 Å². The van der Waals surface area contributed by atoms with Crippen LogP contribution in [-0.4, -0.2) is 31.6 Å². The van der Waals surface area contributed by atoms with Crippen LogP contribution in [0.1, 0.15) is 26.2 Å². The second kappa shape index (κ2) is 7.32. The third-order valence-electron chi connectivity index (χ3n) is 1.79. The van der Waals surface area contributed by atoms with Crippen LogP contribution in [0.3, 0.4) is 0 Å². The van der Waals surface area contributed by atoms with Gasteiger partial charge in [0.05, 0.1) is 7.11 Å². The Morgan fingerprint density at radius 2 is 2.07 bits per heavy atom. The molecule has 5 nitrogen and oxygen atoms in total. The van der Waals surface area contributed by atoms with E-state index in [4.69, 9.17) is 5.73 Å². The average molecular weight is 202 g/mol. The highest BCUT2D eigenvalue weighted by Crippen LogP contribution is 1.95. The molecule has 0 radical (unpaired) electrons. The fourth-order valence-corrected chi connectivity index (χ4v) is 0.979. The zero-order valence-electron chi connectivity index (χ0n) is 8.71. The Hall–Kier alpha value is -1.10. The lowest BCUT2D eigenvalue weighted by Gasteiger charge is -2.10. The fraction of sp³-hybridized carbons (Fsp3) is 0.778. The summed E-state index contributed by atoms with van der Waals surface area (Å²) in [7, 11) is 1.29. The number of carbonyl (C=O) groups excluding carboxylic acids is 2. The first kappa shape index (κ1) is 12.9. The number of nitrogens with one attached hydrogen (secondary N) is 1. The van der Waals surface area contributed by atoms with Crippen molar-refractivity contribution < 1.29 is 14.3 Å². The number of hydrogen-bond donors (Lipinski definition) is 2. The maximum Gasteiger partial charge on any atom is 0.328 e. The summed E-state index contributed by atoms with van der Waals surface area (Å²) in [6.07, 6.45) is 1.97. The largest absolute Gasteiger partial charge is 0.467 e. The van der Waals surface area contributed by atoms with Gasteiger partial charge in [-0.05, 0) is 26.3 Å². The van der Waals surface area contributed by atoms with Crippen molar-refractivity contribution in [1.29, 1.82) is 0 Å². The lowest BCUT2D eigenvalue weighted by molar-refractivity contribution is -0.144. The number of nitrogens with two attached hydrogens (primary N) is 1. The van der Waals surface area contributed by atoms with E-state index in [1.165, 1.54) is 7.11 Å². The molecular formula is C9H18N2O3. The Balaban J connectivity index is 3.65. The van der Waals surface area contributed by atoms with Crippen molar-refractivity contribution in [3.63, 3.8) is 0 Å². The van der Waals surface area contributed by atoms with E-state index in [1.807, 2.05) is 0 Å². The molecule has 0 saturated heterocycles. The van der Waals surface area contributed by atoms with Gasteiger partial charge in [-0.15, -0.1) is 0 Å². The van der Waals surface area contributed by atoms with Crippen molar-refractivity contribution in [2.75, 3.05) is 13.7 Å². The zero-order valence-corrected chi connectivity index (χ0v) is 8.71. The molecule has 5 heteroatoms. The molecule has 1 atom stereocenters. The molecule has 0 aliphatic rings. The number of methoxy groups -OCH3 is 1. The van der Waals surface area contributed by atoms with E-state index in [0.29, 0.717) is 13.0 Å². The zero-order chi connectivity index (χ0) is 11.0. The number of ether oxygens (including phenoxy) is 1. The molecule has 0 fully saturated rings. The molecule has 0 aromatic heterocycles. The van der Waals surface area contributed by atoms with E-state index in [1.54, 1.807) is 6.92 Å². The molecule has 0 spiro atoms. The Morgan fingerprint density at radius 3 is 2.57 bits per heavy atom. The SMILES string of the molecule is COC(=O)[C@H](C)NC(=O)CCCCN. The van der Waals surface area contributed by atoms with Gasteiger partial charge in [0.1, 0.15) is 6.04 Å². The molecule has 0 aliphatic heterocycles. The number of esters is 1. The van der Waals surface area contributed by atoms with Crippen molar-refractivity contribution >= 4 is 11.9 Å². The van der Waals surface area contributed by atoms with E-state index in [-0.39, 0.29) is 5.91 Å². The normalized spacial score (nSPS) is 11.9. The lowest BCUT2D eigenvalue weighted by Crippen LogP contribution is -2.39. The predicted octanol–water partition coefficient (Wildman–Crippen LogP) is -0.207. The van der Waals surface area contributed by atoms with Crippen molar-refractivity contribution in [3.05, 3.63) is 0 Å². The van der Waals surface area contributed by atoms with Crippen LogP contribution >= 0.6 is 0 Å². The van der Waals surface area contributed by atoms with Crippen LogP contribution in [0.2, 0.25) is 0 Å². The van der Waals surface area contributed by atoms with Crippen LogP contribution in [0.25, 0.3) is 0 Å². The summed E-state index contributed by atoms with van der Waals surface area (Å²) in [5.74, 6) is -0.575. The number of carbonyl (C=O) groups is 2. The molecule has 0 rings (SSSR count). The first-order valence-electron chi connectivity index (χ1n) is 4.69. The topological polar surface area (TPSA) is 81.4 Å². The number of hydrogen-bond acceptors (Lipinski definition) is 4. The summed E-state index contributed by atoms with van der Waals surface area (Å²) >= 11 is 0. The Kier molecular flexibility index (Phi) is 6.74. The second-order valence-corrected chi connectivity index (χ2v) is 3.06. The maximum absolute atomic E-state index is 11.2. The first-order chi connectivity index (χ1) is 6.61. The highest BCUT2D eigenvalue weighted by molar-refractivity contribution is 5.83. The minimum absolute atomic E-state index is 0.142. The van der Waals surface area contributed by atoms with Crippen molar-refractivity contribution in [1.82, 2.24) is 5.32 Å².